The molecule has 0 saturated carbocycles. The molecule has 1 rings (SSSR count). The minimum Gasteiger partial charge on any atom is -0.463 e. The summed E-state index contributed by atoms with van der Waals surface area (Å²) in [5.41, 5.74) is 5.46. The number of hydrogen-bond donors (Lipinski definition) is 2. The van der Waals surface area contributed by atoms with Crippen molar-refractivity contribution in [3.8, 4) is 5.75 Å². The highest BCUT2D eigenvalue weighted by atomic mass is 16.5. The predicted octanol–water partition coefficient (Wildman–Crippen LogP) is 0.705. The van der Waals surface area contributed by atoms with E-state index in [1.54, 1.807) is 6.92 Å². The molecule has 3 N–H and O–H groups in total. The van der Waals surface area contributed by atoms with Gasteiger partial charge in [0.15, 0.2) is 0 Å². The molecule has 2 amide bonds. The molecule has 0 saturated heterocycles. The fourth-order valence-corrected chi connectivity index (χ4v) is 1.85. The first-order valence-corrected chi connectivity index (χ1v) is 7.55. The Bertz CT molecular complexity index is 683. The quantitative estimate of drug-likeness (QED) is 0.405. The summed E-state index contributed by atoms with van der Waals surface area (Å²) < 4.78 is 9.61. The molecule has 0 spiro atoms. The minimum atomic E-state index is -1.00. The summed E-state index contributed by atoms with van der Waals surface area (Å²) in [6.07, 6.45) is 2.58. The summed E-state index contributed by atoms with van der Waals surface area (Å²) in [6, 6.07) is 4.91. The maximum absolute atomic E-state index is 12.2. The van der Waals surface area contributed by atoms with E-state index in [1.807, 2.05) is 0 Å². The Kier molecular flexibility index (Phi) is 7.85. The maximum atomic E-state index is 12.2. The number of hydrogen-bond acceptors (Lipinski definition) is 6. The number of rotatable bonds is 8. The maximum Gasteiger partial charge on any atom is 0.330 e. The van der Waals surface area contributed by atoms with Gasteiger partial charge in [-0.25, -0.2) is 4.79 Å². The number of nitrogens with one attached hydrogen (secondary N) is 1. The Labute approximate surface area is 145 Å². The Balaban J connectivity index is 2.75. The molecule has 8 nitrogen and oxygen atoms in total. The second-order valence-corrected chi connectivity index (χ2v) is 4.94. The highest BCUT2D eigenvalue weighted by molar-refractivity contribution is 5.97. The van der Waals surface area contributed by atoms with Crippen molar-refractivity contribution in [1.82, 2.24) is 5.32 Å². The molecule has 0 fully saturated rings. The predicted molar refractivity (Wildman–Crippen MR) is 88.6 cm³/mol. The van der Waals surface area contributed by atoms with Gasteiger partial charge in [0.2, 0.25) is 5.91 Å². The SMILES string of the molecule is CCOC(=O)/C=C/C[C@@H](NC(=O)c1cccc(OC(C)=O)c1)C(N)=O. The van der Waals surface area contributed by atoms with Crippen molar-refractivity contribution in [2.75, 3.05) is 6.61 Å². The van der Waals surface area contributed by atoms with Crippen molar-refractivity contribution in [3.63, 3.8) is 0 Å². The van der Waals surface area contributed by atoms with Crippen LogP contribution in [0.25, 0.3) is 0 Å². The molecule has 8 heteroatoms. The fraction of sp³-hybridized carbons (Fsp3) is 0.294. The van der Waals surface area contributed by atoms with Crippen LogP contribution >= 0.6 is 0 Å². The van der Waals surface area contributed by atoms with Gasteiger partial charge in [0.05, 0.1) is 6.61 Å². The van der Waals surface area contributed by atoms with Gasteiger partial charge in [0, 0.05) is 18.6 Å². The molecule has 1 aromatic rings. The summed E-state index contributed by atoms with van der Waals surface area (Å²) in [6.45, 7) is 3.14. The molecular formula is C17H20N2O6. The van der Waals surface area contributed by atoms with Gasteiger partial charge in [-0.3, -0.25) is 14.4 Å². The van der Waals surface area contributed by atoms with Crippen molar-refractivity contribution in [1.29, 1.82) is 0 Å². The molecule has 0 heterocycles. The zero-order valence-electron chi connectivity index (χ0n) is 14.0. The van der Waals surface area contributed by atoms with Gasteiger partial charge in [-0.05, 0) is 31.5 Å². The molecule has 0 aliphatic carbocycles. The fourth-order valence-electron chi connectivity index (χ4n) is 1.85. The number of primary amides is 1. The molecule has 0 bridgehead atoms. The standard InChI is InChI=1S/C17H20N2O6/c1-3-24-15(21)9-5-8-14(16(18)22)19-17(23)12-6-4-7-13(10-12)25-11(2)20/h4-7,9-10,14H,3,8H2,1-2H3,(H2,18,22)(H,19,23)/b9-5+/t14-/m1/s1. The lowest BCUT2D eigenvalue weighted by molar-refractivity contribution is -0.137. The molecular weight excluding hydrogens is 328 g/mol. The molecule has 0 aliphatic heterocycles. The van der Waals surface area contributed by atoms with E-state index in [-0.39, 0.29) is 24.3 Å². The van der Waals surface area contributed by atoms with Gasteiger partial charge in [-0.2, -0.15) is 0 Å². The third kappa shape index (κ3) is 7.30. The van der Waals surface area contributed by atoms with Crippen LogP contribution in [0.3, 0.4) is 0 Å². The number of benzene rings is 1. The molecule has 0 aromatic heterocycles. The van der Waals surface area contributed by atoms with E-state index in [9.17, 15) is 19.2 Å². The van der Waals surface area contributed by atoms with Crippen molar-refractivity contribution >= 4 is 23.8 Å². The average molecular weight is 348 g/mol. The topological polar surface area (TPSA) is 125 Å². The Morgan fingerprint density at radius 3 is 2.60 bits per heavy atom. The summed E-state index contributed by atoms with van der Waals surface area (Å²) in [5, 5.41) is 2.46. The number of carbonyl (C=O) groups is 4. The lowest BCUT2D eigenvalue weighted by atomic mass is 10.1. The highest BCUT2D eigenvalue weighted by Gasteiger charge is 2.18. The van der Waals surface area contributed by atoms with Gasteiger partial charge in [-0.1, -0.05) is 12.1 Å². The molecule has 0 unspecified atom stereocenters. The lowest BCUT2D eigenvalue weighted by Crippen LogP contribution is -2.44. The van der Waals surface area contributed by atoms with Gasteiger partial charge in [-0.15, -0.1) is 0 Å². The van der Waals surface area contributed by atoms with Crippen LogP contribution in [0, 0.1) is 0 Å². The third-order valence-corrected chi connectivity index (χ3v) is 2.92. The molecule has 0 radical (unpaired) electrons. The zero-order valence-corrected chi connectivity index (χ0v) is 14.0. The number of carbonyl (C=O) groups excluding carboxylic acids is 4. The monoisotopic (exact) mass is 348 g/mol. The van der Waals surface area contributed by atoms with Crippen LogP contribution in [0.4, 0.5) is 0 Å². The smallest absolute Gasteiger partial charge is 0.330 e. The van der Waals surface area contributed by atoms with E-state index in [2.05, 4.69) is 5.32 Å². The van der Waals surface area contributed by atoms with Crippen LogP contribution in [-0.4, -0.2) is 36.4 Å². The Hall–Kier alpha value is -3.16. The second-order valence-electron chi connectivity index (χ2n) is 4.94. The number of amides is 2. The summed E-state index contributed by atoms with van der Waals surface area (Å²) in [4.78, 5) is 45.9. The van der Waals surface area contributed by atoms with Gasteiger partial charge in [0.25, 0.3) is 5.91 Å². The van der Waals surface area contributed by atoms with E-state index in [4.69, 9.17) is 15.2 Å². The van der Waals surface area contributed by atoms with Crippen molar-refractivity contribution in [2.24, 2.45) is 5.73 Å². The highest BCUT2D eigenvalue weighted by Crippen LogP contribution is 2.13. The summed E-state index contributed by atoms with van der Waals surface area (Å²) >= 11 is 0. The van der Waals surface area contributed by atoms with E-state index in [1.165, 1.54) is 37.3 Å². The number of esters is 2. The Morgan fingerprint density at radius 2 is 2.00 bits per heavy atom. The van der Waals surface area contributed by atoms with Crippen LogP contribution in [0.5, 0.6) is 5.75 Å². The summed E-state index contributed by atoms with van der Waals surface area (Å²) in [7, 11) is 0. The largest absolute Gasteiger partial charge is 0.463 e. The number of nitrogens with two attached hydrogens (primary N) is 1. The average Bonchev–Trinajstić information content (AvgIpc) is 2.53. The Morgan fingerprint density at radius 1 is 1.28 bits per heavy atom. The minimum absolute atomic E-state index is 0.0313. The van der Waals surface area contributed by atoms with Crippen molar-refractivity contribution in [2.45, 2.75) is 26.3 Å². The van der Waals surface area contributed by atoms with Crippen LogP contribution in [0.1, 0.15) is 30.6 Å². The summed E-state index contributed by atoms with van der Waals surface area (Å²) in [5.74, 6) is -2.18. The van der Waals surface area contributed by atoms with E-state index in [0.717, 1.165) is 6.08 Å². The van der Waals surface area contributed by atoms with E-state index in [0.29, 0.717) is 0 Å². The first-order valence-electron chi connectivity index (χ1n) is 7.55. The lowest BCUT2D eigenvalue weighted by Gasteiger charge is -2.14. The second kappa shape index (κ2) is 9.86. The van der Waals surface area contributed by atoms with Crippen LogP contribution in [0.15, 0.2) is 36.4 Å². The number of ether oxygens (including phenoxy) is 2. The van der Waals surface area contributed by atoms with Crippen LogP contribution < -0.4 is 15.8 Å². The van der Waals surface area contributed by atoms with E-state index < -0.39 is 29.8 Å². The van der Waals surface area contributed by atoms with Crippen LogP contribution in [0.2, 0.25) is 0 Å². The molecule has 134 valence electrons. The first kappa shape index (κ1) is 19.9. The molecule has 1 atom stereocenters. The molecule has 1 aromatic carbocycles. The van der Waals surface area contributed by atoms with E-state index >= 15 is 0 Å². The van der Waals surface area contributed by atoms with Gasteiger partial charge < -0.3 is 20.5 Å². The van der Waals surface area contributed by atoms with Crippen molar-refractivity contribution in [3.05, 3.63) is 42.0 Å². The van der Waals surface area contributed by atoms with Gasteiger partial charge in [0.1, 0.15) is 11.8 Å². The van der Waals surface area contributed by atoms with Crippen molar-refractivity contribution < 1.29 is 28.7 Å². The zero-order chi connectivity index (χ0) is 18.8. The third-order valence-electron chi connectivity index (χ3n) is 2.92. The van der Waals surface area contributed by atoms with Gasteiger partial charge >= 0.3 is 11.9 Å². The molecule has 0 aliphatic rings. The van der Waals surface area contributed by atoms with Crippen LogP contribution in [-0.2, 0) is 19.1 Å². The molecule has 25 heavy (non-hydrogen) atoms. The normalized spacial score (nSPS) is 11.6. The first-order chi connectivity index (χ1) is 11.8.